The summed E-state index contributed by atoms with van der Waals surface area (Å²) in [4.78, 5) is 35.0. The Morgan fingerprint density at radius 3 is 2.60 bits per heavy atom. The first-order valence-corrected chi connectivity index (χ1v) is 11.2. The molecule has 0 aromatic carbocycles. The summed E-state index contributed by atoms with van der Waals surface area (Å²) in [5.41, 5.74) is 1.41. The van der Waals surface area contributed by atoms with E-state index in [0.29, 0.717) is 24.7 Å². The SMILES string of the molecule is COC(=O)CCC/C=C1\C[C@H]2C[C@H](OC(C)=O)[C@@H](C=CC(=O)CCCCCO)[C@@H]2C1. The van der Waals surface area contributed by atoms with Crippen molar-refractivity contribution in [2.24, 2.45) is 17.8 Å². The molecule has 0 aromatic rings. The molecule has 2 aliphatic rings. The van der Waals surface area contributed by atoms with Crippen molar-refractivity contribution in [2.45, 2.75) is 77.2 Å². The zero-order valence-corrected chi connectivity index (χ0v) is 18.3. The molecule has 0 aliphatic heterocycles. The van der Waals surface area contributed by atoms with E-state index < -0.39 is 0 Å². The number of allylic oxidation sites excluding steroid dienone is 3. The topological polar surface area (TPSA) is 89.9 Å². The van der Waals surface area contributed by atoms with Gasteiger partial charge in [-0.15, -0.1) is 0 Å². The van der Waals surface area contributed by atoms with E-state index in [9.17, 15) is 14.4 Å². The molecule has 0 aromatic heterocycles. The van der Waals surface area contributed by atoms with Gasteiger partial charge >= 0.3 is 11.9 Å². The molecular weight excluding hydrogens is 384 g/mol. The summed E-state index contributed by atoms with van der Waals surface area (Å²) < 4.78 is 10.3. The minimum absolute atomic E-state index is 0.0706. The Balaban J connectivity index is 1.92. The fraction of sp³-hybridized carbons (Fsp3) is 0.708. The van der Waals surface area contributed by atoms with E-state index in [1.807, 2.05) is 6.08 Å². The minimum atomic E-state index is -0.271. The number of ketones is 1. The number of rotatable bonds is 12. The van der Waals surface area contributed by atoms with Crippen LogP contribution in [0.25, 0.3) is 0 Å². The van der Waals surface area contributed by atoms with Crippen LogP contribution in [0.5, 0.6) is 0 Å². The van der Waals surface area contributed by atoms with E-state index >= 15 is 0 Å². The summed E-state index contributed by atoms with van der Waals surface area (Å²) in [6, 6.07) is 0. The fourth-order valence-corrected chi connectivity index (χ4v) is 4.80. The van der Waals surface area contributed by atoms with Gasteiger partial charge in [0.25, 0.3) is 0 Å². The lowest BCUT2D eigenvalue weighted by molar-refractivity contribution is -0.147. The molecule has 2 aliphatic carbocycles. The Kier molecular flexibility index (Phi) is 10.3. The molecular formula is C24H36O6. The number of methoxy groups -OCH3 is 1. The molecule has 0 radical (unpaired) electrons. The van der Waals surface area contributed by atoms with Crippen molar-refractivity contribution in [3.8, 4) is 0 Å². The lowest BCUT2D eigenvalue weighted by Gasteiger charge is -2.20. The summed E-state index contributed by atoms with van der Waals surface area (Å²) in [5.74, 6) is 0.574. The largest absolute Gasteiger partial charge is 0.469 e. The highest BCUT2D eigenvalue weighted by Crippen LogP contribution is 2.51. The molecule has 0 spiro atoms. The maximum atomic E-state index is 12.2. The molecule has 6 heteroatoms. The molecule has 6 nitrogen and oxygen atoms in total. The molecule has 1 N–H and O–H groups in total. The smallest absolute Gasteiger partial charge is 0.305 e. The second-order valence-corrected chi connectivity index (χ2v) is 8.48. The number of hydrogen-bond donors (Lipinski definition) is 1. The summed E-state index contributed by atoms with van der Waals surface area (Å²) >= 11 is 0. The van der Waals surface area contributed by atoms with Gasteiger partial charge in [-0.3, -0.25) is 14.4 Å². The maximum Gasteiger partial charge on any atom is 0.305 e. The number of esters is 2. The number of aliphatic hydroxyl groups is 1. The zero-order valence-electron chi connectivity index (χ0n) is 18.3. The quantitative estimate of drug-likeness (QED) is 0.223. The van der Waals surface area contributed by atoms with Gasteiger partial charge in [-0.05, 0) is 62.9 Å². The summed E-state index contributed by atoms with van der Waals surface area (Å²) in [5, 5.41) is 8.83. The van der Waals surface area contributed by atoms with Crippen LogP contribution < -0.4 is 0 Å². The Morgan fingerprint density at radius 2 is 1.90 bits per heavy atom. The van der Waals surface area contributed by atoms with Gasteiger partial charge in [0.05, 0.1) is 7.11 Å². The van der Waals surface area contributed by atoms with Crippen LogP contribution >= 0.6 is 0 Å². The zero-order chi connectivity index (χ0) is 21.9. The van der Waals surface area contributed by atoms with Crippen molar-refractivity contribution in [1.29, 1.82) is 0 Å². The molecule has 0 heterocycles. The third-order valence-corrected chi connectivity index (χ3v) is 6.24. The first-order chi connectivity index (χ1) is 14.4. The van der Waals surface area contributed by atoms with E-state index in [1.165, 1.54) is 19.6 Å². The van der Waals surface area contributed by atoms with Gasteiger partial charge in [0.15, 0.2) is 5.78 Å². The number of carbonyl (C=O) groups is 3. The third-order valence-electron chi connectivity index (χ3n) is 6.24. The van der Waals surface area contributed by atoms with Crippen LogP contribution in [0.4, 0.5) is 0 Å². The van der Waals surface area contributed by atoms with Crippen LogP contribution in [0.3, 0.4) is 0 Å². The predicted octanol–water partition coefficient (Wildman–Crippen LogP) is 3.91. The van der Waals surface area contributed by atoms with Gasteiger partial charge in [0, 0.05) is 32.3 Å². The summed E-state index contributed by atoms with van der Waals surface area (Å²) in [7, 11) is 1.41. The molecule has 2 fully saturated rings. The molecule has 0 saturated heterocycles. The van der Waals surface area contributed by atoms with Gasteiger partial charge in [0.2, 0.25) is 0 Å². The average Bonchev–Trinajstić information content (AvgIpc) is 3.23. The Labute approximate surface area is 179 Å². The van der Waals surface area contributed by atoms with Gasteiger partial charge in [0.1, 0.15) is 6.10 Å². The molecule has 4 atom stereocenters. The van der Waals surface area contributed by atoms with E-state index in [1.54, 1.807) is 6.08 Å². The second-order valence-electron chi connectivity index (χ2n) is 8.48. The molecule has 0 unspecified atom stereocenters. The lowest BCUT2D eigenvalue weighted by Crippen LogP contribution is -2.23. The highest BCUT2D eigenvalue weighted by Gasteiger charge is 2.47. The van der Waals surface area contributed by atoms with E-state index in [0.717, 1.165) is 51.4 Å². The van der Waals surface area contributed by atoms with Crippen molar-refractivity contribution >= 4 is 17.7 Å². The van der Waals surface area contributed by atoms with Crippen molar-refractivity contribution in [2.75, 3.05) is 13.7 Å². The van der Waals surface area contributed by atoms with Crippen LogP contribution in [-0.2, 0) is 23.9 Å². The molecule has 0 bridgehead atoms. The van der Waals surface area contributed by atoms with Gasteiger partial charge in [-0.25, -0.2) is 0 Å². The Hall–Kier alpha value is -1.95. The Morgan fingerprint density at radius 1 is 1.10 bits per heavy atom. The Bertz CT molecular complexity index is 650. The summed E-state index contributed by atoms with van der Waals surface area (Å²) in [6.07, 6.45) is 13.5. The molecule has 168 valence electrons. The van der Waals surface area contributed by atoms with Crippen molar-refractivity contribution < 1.29 is 29.0 Å². The molecule has 30 heavy (non-hydrogen) atoms. The van der Waals surface area contributed by atoms with Crippen molar-refractivity contribution in [3.05, 3.63) is 23.8 Å². The first kappa shape index (κ1) is 24.3. The van der Waals surface area contributed by atoms with Crippen molar-refractivity contribution in [1.82, 2.24) is 0 Å². The highest BCUT2D eigenvalue weighted by molar-refractivity contribution is 5.89. The second kappa shape index (κ2) is 12.7. The number of aliphatic hydroxyl groups excluding tert-OH is 1. The van der Waals surface area contributed by atoms with E-state index in [4.69, 9.17) is 9.84 Å². The number of fused-ring (bicyclic) bond motifs is 1. The number of ether oxygens (including phenoxy) is 2. The lowest BCUT2D eigenvalue weighted by atomic mass is 9.90. The third kappa shape index (κ3) is 7.71. The standard InChI is InChI=1S/C24H36O6/c1-17(26)30-23-16-19-14-18(8-5-6-10-24(28)29-2)15-22(19)21(23)12-11-20(27)9-4-3-7-13-25/h8,11-12,19,21-23,25H,3-7,9-10,13-16H2,1-2H3/b12-11?,18-8+/t19-,21-,22+,23-/m0/s1. The maximum absolute atomic E-state index is 12.2. The number of hydrogen-bond acceptors (Lipinski definition) is 6. The van der Waals surface area contributed by atoms with Crippen LogP contribution in [-0.4, -0.2) is 42.6 Å². The van der Waals surface area contributed by atoms with Crippen LogP contribution in [0.2, 0.25) is 0 Å². The van der Waals surface area contributed by atoms with Crippen LogP contribution in [0.15, 0.2) is 23.8 Å². The van der Waals surface area contributed by atoms with Gasteiger partial charge in [-0.2, -0.15) is 0 Å². The normalized spacial score (nSPS) is 26.8. The summed E-state index contributed by atoms with van der Waals surface area (Å²) in [6.45, 7) is 1.60. The van der Waals surface area contributed by atoms with Gasteiger partial charge < -0.3 is 14.6 Å². The minimum Gasteiger partial charge on any atom is -0.469 e. The molecule has 0 amide bonds. The molecule has 2 saturated carbocycles. The van der Waals surface area contributed by atoms with Gasteiger partial charge in [-0.1, -0.05) is 24.1 Å². The fourth-order valence-electron chi connectivity index (χ4n) is 4.80. The molecule has 2 rings (SSSR count). The van der Waals surface area contributed by atoms with E-state index in [2.05, 4.69) is 10.8 Å². The highest BCUT2D eigenvalue weighted by atomic mass is 16.5. The number of carbonyl (C=O) groups excluding carboxylic acids is 3. The number of unbranched alkanes of at least 4 members (excludes halogenated alkanes) is 3. The van der Waals surface area contributed by atoms with Crippen LogP contribution in [0, 0.1) is 17.8 Å². The van der Waals surface area contributed by atoms with Crippen LogP contribution in [0.1, 0.15) is 71.1 Å². The predicted molar refractivity (Wildman–Crippen MR) is 114 cm³/mol. The monoisotopic (exact) mass is 420 g/mol. The van der Waals surface area contributed by atoms with E-state index in [-0.39, 0.29) is 36.4 Å². The van der Waals surface area contributed by atoms with Crippen molar-refractivity contribution in [3.63, 3.8) is 0 Å². The average molecular weight is 421 g/mol. The first-order valence-electron chi connectivity index (χ1n) is 11.2.